The first-order chi connectivity index (χ1) is 5.00. The van der Waals surface area contributed by atoms with Gasteiger partial charge in [-0.15, -0.1) is 0 Å². The molecule has 0 aromatic rings. The molecule has 0 radical (unpaired) electrons. The van der Waals surface area contributed by atoms with Crippen molar-refractivity contribution < 1.29 is 8.42 Å². The first-order valence-corrected chi connectivity index (χ1v) is 5.90. The van der Waals surface area contributed by atoms with Crippen molar-refractivity contribution in [2.45, 2.75) is 37.0 Å². The molecule has 11 heavy (non-hydrogen) atoms. The highest BCUT2D eigenvalue weighted by Gasteiger charge is 2.26. The second kappa shape index (κ2) is 3.11. The molecule has 2 N–H and O–H groups in total. The summed E-state index contributed by atoms with van der Waals surface area (Å²) in [7, 11) is -2.84. The molecule has 0 aliphatic heterocycles. The largest absolute Gasteiger partial charge is 0.328 e. The van der Waals surface area contributed by atoms with Gasteiger partial charge < -0.3 is 5.73 Å². The monoisotopic (exact) mass is 177 g/mol. The summed E-state index contributed by atoms with van der Waals surface area (Å²) in [6, 6.07) is 0.100. The predicted molar refractivity (Wildman–Crippen MR) is 45.1 cm³/mol. The van der Waals surface area contributed by atoms with Crippen molar-refractivity contribution in [3.05, 3.63) is 0 Å². The highest BCUT2D eigenvalue weighted by Crippen LogP contribution is 2.22. The first kappa shape index (κ1) is 9.00. The fourth-order valence-corrected chi connectivity index (χ4v) is 2.76. The van der Waals surface area contributed by atoms with Gasteiger partial charge >= 0.3 is 0 Å². The van der Waals surface area contributed by atoms with E-state index in [0.717, 1.165) is 19.3 Å². The van der Waals surface area contributed by atoms with Crippen molar-refractivity contribution in [3.63, 3.8) is 0 Å². The second-order valence-corrected chi connectivity index (χ2v) is 5.70. The Morgan fingerprint density at radius 3 is 2.36 bits per heavy atom. The van der Waals surface area contributed by atoms with Crippen molar-refractivity contribution in [2.75, 3.05) is 6.26 Å². The van der Waals surface area contributed by atoms with Gasteiger partial charge in [0, 0.05) is 12.3 Å². The number of hydrogen-bond acceptors (Lipinski definition) is 3. The Hall–Kier alpha value is -0.0900. The van der Waals surface area contributed by atoms with Gasteiger partial charge in [-0.2, -0.15) is 0 Å². The molecular weight excluding hydrogens is 162 g/mol. The maximum Gasteiger partial charge on any atom is 0.150 e. The molecule has 1 fully saturated rings. The molecule has 3 nitrogen and oxygen atoms in total. The van der Waals surface area contributed by atoms with E-state index in [-0.39, 0.29) is 11.3 Å². The fourth-order valence-electron chi connectivity index (χ4n) is 1.57. The van der Waals surface area contributed by atoms with Gasteiger partial charge in [0.15, 0.2) is 0 Å². The fraction of sp³-hybridized carbons (Fsp3) is 1.00. The minimum atomic E-state index is -2.84. The van der Waals surface area contributed by atoms with E-state index in [1.807, 2.05) is 0 Å². The lowest BCUT2D eigenvalue weighted by molar-refractivity contribution is 0.434. The van der Waals surface area contributed by atoms with Gasteiger partial charge in [-0.25, -0.2) is 8.42 Å². The summed E-state index contributed by atoms with van der Waals surface area (Å²) in [6.07, 6.45) is 4.69. The lowest BCUT2D eigenvalue weighted by Gasteiger charge is -2.24. The molecule has 1 rings (SSSR count). The Morgan fingerprint density at radius 1 is 1.36 bits per heavy atom. The van der Waals surface area contributed by atoms with Crippen molar-refractivity contribution in [1.29, 1.82) is 0 Å². The zero-order valence-electron chi connectivity index (χ0n) is 6.79. The van der Waals surface area contributed by atoms with Gasteiger partial charge in [-0.1, -0.05) is 6.42 Å². The van der Waals surface area contributed by atoms with Crippen LogP contribution in [-0.4, -0.2) is 26.0 Å². The molecule has 0 saturated heterocycles. The maximum absolute atomic E-state index is 11.1. The Kier molecular flexibility index (Phi) is 2.54. The summed E-state index contributed by atoms with van der Waals surface area (Å²) in [5.74, 6) is 0. The van der Waals surface area contributed by atoms with Crippen molar-refractivity contribution in [3.8, 4) is 0 Å². The van der Waals surface area contributed by atoms with Crippen LogP contribution in [0.1, 0.15) is 25.7 Å². The van der Waals surface area contributed by atoms with Crippen LogP contribution in [-0.2, 0) is 9.84 Å². The van der Waals surface area contributed by atoms with Gasteiger partial charge in [0.25, 0.3) is 0 Å². The number of nitrogens with two attached hydrogens (primary N) is 1. The van der Waals surface area contributed by atoms with Crippen LogP contribution in [0.5, 0.6) is 0 Å². The normalized spacial score (nSPS) is 33.6. The van der Waals surface area contributed by atoms with Crippen LogP contribution in [0.15, 0.2) is 0 Å². The molecule has 0 aromatic carbocycles. The van der Waals surface area contributed by atoms with E-state index in [4.69, 9.17) is 5.73 Å². The predicted octanol–water partition coefficient (Wildman–Crippen LogP) is 0.301. The van der Waals surface area contributed by atoms with Crippen LogP contribution < -0.4 is 5.73 Å². The third-order valence-corrected chi connectivity index (χ3v) is 3.91. The molecule has 0 spiro atoms. The molecule has 1 saturated carbocycles. The number of hydrogen-bond donors (Lipinski definition) is 1. The topological polar surface area (TPSA) is 60.2 Å². The van der Waals surface area contributed by atoms with Crippen molar-refractivity contribution >= 4 is 9.84 Å². The summed E-state index contributed by atoms with van der Waals surface area (Å²) in [5.41, 5.74) is 5.66. The Bertz CT molecular complexity index is 223. The third kappa shape index (κ3) is 2.45. The van der Waals surface area contributed by atoms with E-state index in [0.29, 0.717) is 6.42 Å². The van der Waals surface area contributed by atoms with Crippen LogP contribution in [0.3, 0.4) is 0 Å². The second-order valence-electron chi connectivity index (χ2n) is 3.38. The molecule has 0 unspecified atom stereocenters. The van der Waals surface area contributed by atoms with E-state index >= 15 is 0 Å². The van der Waals surface area contributed by atoms with E-state index in [1.54, 1.807) is 0 Å². The molecule has 1 aliphatic carbocycles. The Morgan fingerprint density at radius 2 is 2.00 bits per heavy atom. The summed E-state index contributed by atoms with van der Waals surface area (Å²) in [6.45, 7) is 0. The van der Waals surface area contributed by atoms with Gasteiger partial charge in [-0.05, 0) is 19.3 Å². The number of sulfone groups is 1. The van der Waals surface area contributed by atoms with Crippen molar-refractivity contribution in [2.24, 2.45) is 5.73 Å². The molecule has 4 heteroatoms. The molecule has 0 heterocycles. The van der Waals surface area contributed by atoms with Crippen LogP contribution in [0.2, 0.25) is 0 Å². The molecular formula is C7H15NO2S. The Balaban J connectivity index is 2.60. The lowest BCUT2D eigenvalue weighted by Crippen LogP contribution is -2.34. The summed E-state index contributed by atoms with van der Waals surface area (Å²) in [4.78, 5) is 0. The Labute approximate surface area is 67.9 Å². The highest BCUT2D eigenvalue weighted by atomic mass is 32.2. The van der Waals surface area contributed by atoms with Gasteiger partial charge in [-0.3, -0.25) is 0 Å². The lowest BCUT2D eigenvalue weighted by atomic mass is 9.96. The quantitative estimate of drug-likeness (QED) is 0.626. The zero-order chi connectivity index (χ0) is 8.48. The van der Waals surface area contributed by atoms with E-state index in [1.165, 1.54) is 6.26 Å². The molecule has 0 bridgehead atoms. The highest BCUT2D eigenvalue weighted by molar-refractivity contribution is 7.91. The van der Waals surface area contributed by atoms with Gasteiger partial charge in [0.1, 0.15) is 9.84 Å². The standard InChI is InChI=1S/C7H15NO2S/c1-11(9,10)7-4-2-3-6(8)5-7/h6-7H,2-5,8H2,1H3/t6-,7+/m0/s1. The zero-order valence-corrected chi connectivity index (χ0v) is 7.60. The smallest absolute Gasteiger partial charge is 0.150 e. The third-order valence-electron chi connectivity index (χ3n) is 2.27. The molecule has 0 aromatic heterocycles. The summed E-state index contributed by atoms with van der Waals surface area (Å²) >= 11 is 0. The van der Waals surface area contributed by atoms with Gasteiger partial charge in [0.05, 0.1) is 5.25 Å². The minimum absolute atomic E-state index is 0.100. The van der Waals surface area contributed by atoms with E-state index in [9.17, 15) is 8.42 Å². The average molecular weight is 177 g/mol. The first-order valence-electron chi connectivity index (χ1n) is 3.94. The van der Waals surface area contributed by atoms with Crippen LogP contribution in [0.4, 0.5) is 0 Å². The summed E-state index contributed by atoms with van der Waals surface area (Å²) in [5, 5.41) is -0.175. The maximum atomic E-state index is 11.1. The molecule has 2 atom stereocenters. The molecule has 66 valence electrons. The van der Waals surface area contributed by atoms with Crippen molar-refractivity contribution in [1.82, 2.24) is 0 Å². The number of rotatable bonds is 1. The van der Waals surface area contributed by atoms with Crippen LogP contribution in [0, 0.1) is 0 Å². The van der Waals surface area contributed by atoms with Crippen LogP contribution in [0.25, 0.3) is 0 Å². The van der Waals surface area contributed by atoms with E-state index in [2.05, 4.69) is 0 Å². The molecule has 0 amide bonds. The summed E-state index contributed by atoms with van der Waals surface area (Å²) < 4.78 is 22.2. The van der Waals surface area contributed by atoms with Crippen LogP contribution >= 0.6 is 0 Å². The van der Waals surface area contributed by atoms with E-state index < -0.39 is 9.84 Å². The minimum Gasteiger partial charge on any atom is -0.328 e. The van der Waals surface area contributed by atoms with Gasteiger partial charge in [0.2, 0.25) is 0 Å². The molecule has 1 aliphatic rings. The SMILES string of the molecule is CS(=O)(=O)[C@@H]1CCC[C@H](N)C1. The average Bonchev–Trinajstić information content (AvgIpc) is 1.86.